The Morgan fingerprint density at radius 1 is 1.00 bits per heavy atom. The van der Waals surface area contributed by atoms with Gasteiger partial charge in [-0.2, -0.15) is 0 Å². The lowest BCUT2D eigenvalue weighted by Gasteiger charge is -2.26. The van der Waals surface area contributed by atoms with E-state index < -0.39 is 23.7 Å². The lowest BCUT2D eigenvalue weighted by atomic mass is 10.1. The number of halogens is 1. The molecule has 2 aliphatic heterocycles. The Hall–Kier alpha value is -3.48. The number of nitrogens with one attached hydrogen (secondary N) is 1. The third-order valence-electron chi connectivity index (χ3n) is 5.12. The Labute approximate surface area is 167 Å². The lowest BCUT2D eigenvalue weighted by molar-refractivity contribution is -0.122. The molecule has 4 rings (SSSR count). The third-order valence-corrected chi connectivity index (χ3v) is 5.12. The van der Waals surface area contributed by atoms with E-state index in [1.54, 1.807) is 36.4 Å². The van der Waals surface area contributed by atoms with Crippen molar-refractivity contribution in [3.8, 4) is 0 Å². The molecule has 148 valence electrons. The molecule has 7 heteroatoms. The molecule has 2 aromatic rings. The first-order chi connectivity index (χ1) is 13.9. The fourth-order valence-corrected chi connectivity index (χ4v) is 3.58. The molecule has 2 heterocycles. The number of carbonyl (C=O) groups is 3. The van der Waals surface area contributed by atoms with Gasteiger partial charge in [-0.05, 0) is 55.7 Å². The van der Waals surface area contributed by atoms with E-state index in [-0.39, 0.29) is 5.57 Å². The largest absolute Gasteiger partial charge is 0.369 e. The first-order valence-electron chi connectivity index (χ1n) is 9.46. The zero-order valence-electron chi connectivity index (χ0n) is 15.9. The number of hydrogen-bond acceptors (Lipinski definition) is 4. The van der Waals surface area contributed by atoms with Crippen molar-refractivity contribution >= 4 is 35.3 Å². The van der Waals surface area contributed by atoms with Crippen LogP contribution in [-0.4, -0.2) is 30.9 Å². The normalized spacial score (nSPS) is 18.6. The molecule has 29 heavy (non-hydrogen) atoms. The predicted octanol–water partition coefficient (Wildman–Crippen LogP) is 3.40. The molecule has 6 nitrogen and oxygen atoms in total. The van der Waals surface area contributed by atoms with Crippen molar-refractivity contribution in [2.45, 2.75) is 19.8 Å². The summed E-state index contributed by atoms with van der Waals surface area (Å²) in [5.74, 6) is -1.95. The van der Waals surface area contributed by atoms with Crippen LogP contribution in [0.15, 0.2) is 48.0 Å². The second-order valence-corrected chi connectivity index (χ2v) is 7.20. The lowest BCUT2D eigenvalue weighted by Crippen LogP contribution is -2.54. The average molecular weight is 393 g/mol. The number of nitrogens with zero attached hydrogens (tertiary/aromatic N) is 2. The maximum Gasteiger partial charge on any atom is 0.335 e. The second kappa shape index (κ2) is 7.50. The highest BCUT2D eigenvalue weighted by Crippen LogP contribution is 2.26. The third kappa shape index (κ3) is 3.63. The Kier molecular flexibility index (Phi) is 4.88. The first-order valence-corrected chi connectivity index (χ1v) is 9.46. The van der Waals surface area contributed by atoms with Crippen LogP contribution >= 0.6 is 0 Å². The summed E-state index contributed by atoms with van der Waals surface area (Å²) < 4.78 is 14.6. The average Bonchev–Trinajstić information content (AvgIpc) is 3.21. The van der Waals surface area contributed by atoms with E-state index in [4.69, 9.17) is 0 Å². The first kappa shape index (κ1) is 18.9. The fourth-order valence-electron chi connectivity index (χ4n) is 3.58. The summed E-state index contributed by atoms with van der Waals surface area (Å²) in [5.41, 5.74) is 1.99. The molecule has 0 bridgehead atoms. The fraction of sp³-hybridized carbons (Fsp3) is 0.227. The second-order valence-electron chi connectivity index (χ2n) is 7.20. The van der Waals surface area contributed by atoms with Crippen molar-refractivity contribution in [1.82, 2.24) is 5.32 Å². The molecule has 0 aliphatic carbocycles. The van der Waals surface area contributed by atoms with Gasteiger partial charge in [-0.3, -0.25) is 14.9 Å². The molecule has 2 aromatic carbocycles. The van der Waals surface area contributed by atoms with Crippen LogP contribution in [0.3, 0.4) is 0 Å². The van der Waals surface area contributed by atoms with Crippen LogP contribution < -0.4 is 15.1 Å². The van der Waals surface area contributed by atoms with E-state index in [0.717, 1.165) is 36.4 Å². The van der Waals surface area contributed by atoms with Crippen LogP contribution in [0.1, 0.15) is 24.0 Å². The standard InChI is InChI=1S/C22H20FN3O3/c1-14-4-7-16(8-5-14)26-21(28)17(20(27)24-22(26)29)12-15-6-9-19(18(23)13-15)25-10-2-3-11-25/h4-9,12-13H,2-3,10-11H2,1H3,(H,24,27,29)/b17-12+. The molecular formula is C22H20FN3O3. The van der Waals surface area contributed by atoms with Crippen molar-refractivity contribution in [2.24, 2.45) is 0 Å². The van der Waals surface area contributed by atoms with Crippen LogP contribution in [0.5, 0.6) is 0 Å². The molecule has 2 saturated heterocycles. The molecule has 0 saturated carbocycles. The van der Waals surface area contributed by atoms with Crippen molar-refractivity contribution in [1.29, 1.82) is 0 Å². The molecule has 0 atom stereocenters. The maximum atomic E-state index is 14.6. The molecule has 0 unspecified atom stereocenters. The van der Waals surface area contributed by atoms with E-state index in [0.29, 0.717) is 16.9 Å². The van der Waals surface area contributed by atoms with Gasteiger partial charge in [0.2, 0.25) is 0 Å². The van der Waals surface area contributed by atoms with Gasteiger partial charge in [0.15, 0.2) is 0 Å². The SMILES string of the molecule is Cc1ccc(N2C(=O)NC(=O)/C(=C\c3ccc(N4CCCC4)c(F)c3)C2=O)cc1. The van der Waals surface area contributed by atoms with Crippen LogP contribution in [0.4, 0.5) is 20.6 Å². The minimum atomic E-state index is -0.809. The van der Waals surface area contributed by atoms with Crippen molar-refractivity contribution < 1.29 is 18.8 Å². The topological polar surface area (TPSA) is 69.7 Å². The van der Waals surface area contributed by atoms with Crippen LogP contribution in [0.2, 0.25) is 0 Å². The van der Waals surface area contributed by atoms with Crippen molar-refractivity contribution in [2.75, 3.05) is 22.9 Å². The number of carbonyl (C=O) groups excluding carboxylic acids is 3. The highest BCUT2D eigenvalue weighted by atomic mass is 19.1. The Bertz CT molecular complexity index is 1020. The Morgan fingerprint density at radius 3 is 2.34 bits per heavy atom. The minimum Gasteiger partial charge on any atom is -0.369 e. The number of amides is 4. The summed E-state index contributed by atoms with van der Waals surface area (Å²) in [6.07, 6.45) is 3.37. The molecule has 0 radical (unpaired) electrons. The molecule has 2 fully saturated rings. The summed E-state index contributed by atoms with van der Waals surface area (Å²) in [6.45, 7) is 3.51. The smallest absolute Gasteiger partial charge is 0.335 e. The van der Waals surface area contributed by atoms with Crippen LogP contribution in [-0.2, 0) is 9.59 Å². The highest BCUT2D eigenvalue weighted by Gasteiger charge is 2.36. The molecular weight excluding hydrogens is 373 g/mol. The number of aryl methyl sites for hydroxylation is 1. The van der Waals surface area contributed by atoms with Gasteiger partial charge in [0.1, 0.15) is 11.4 Å². The van der Waals surface area contributed by atoms with Crippen molar-refractivity contribution in [3.05, 3.63) is 65.0 Å². The summed E-state index contributed by atoms with van der Waals surface area (Å²) in [4.78, 5) is 40.2. The highest BCUT2D eigenvalue weighted by molar-refractivity contribution is 6.39. The van der Waals surface area contributed by atoms with E-state index in [1.165, 1.54) is 12.1 Å². The Balaban J connectivity index is 1.65. The van der Waals surface area contributed by atoms with E-state index in [2.05, 4.69) is 5.32 Å². The van der Waals surface area contributed by atoms with Gasteiger partial charge in [0.05, 0.1) is 11.4 Å². The molecule has 0 aromatic heterocycles. The van der Waals surface area contributed by atoms with Crippen LogP contribution in [0.25, 0.3) is 6.08 Å². The summed E-state index contributed by atoms with van der Waals surface area (Å²) in [6, 6.07) is 10.6. The molecule has 0 spiro atoms. The van der Waals surface area contributed by atoms with Gasteiger partial charge in [-0.1, -0.05) is 23.8 Å². The number of imide groups is 2. The quantitative estimate of drug-likeness (QED) is 0.641. The van der Waals surface area contributed by atoms with Crippen molar-refractivity contribution in [3.63, 3.8) is 0 Å². The number of rotatable bonds is 3. The summed E-state index contributed by atoms with van der Waals surface area (Å²) in [5, 5.41) is 2.17. The van der Waals surface area contributed by atoms with Crippen LogP contribution in [0, 0.1) is 12.7 Å². The number of benzene rings is 2. The maximum absolute atomic E-state index is 14.6. The van der Waals surface area contributed by atoms with Gasteiger partial charge in [-0.15, -0.1) is 0 Å². The molecule has 2 aliphatic rings. The van der Waals surface area contributed by atoms with Gasteiger partial charge in [-0.25, -0.2) is 14.1 Å². The van der Waals surface area contributed by atoms with E-state index in [9.17, 15) is 18.8 Å². The molecule has 4 amide bonds. The number of hydrogen-bond donors (Lipinski definition) is 1. The van der Waals surface area contributed by atoms with Gasteiger partial charge in [0, 0.05) is 13.1 Å². The monoisotopic (exact) mass is 393 g/mol. The summed E-state index contributed by atoms with van der Waals surface area (Å²) >= 11 is 0. The zero-order chi connectivity index (χ0) is 20.5. The van der Waals surface area contributed by atoms with E-state index in [1.807, 2.05) is 11.8 Å². The van der Waals surface area contributed by atoms with Gasteiger partial charge < -0.3 is 4.90 Å². The zero-order valence-corrected chi connectivity index (χ0v) is 15.9. The predicted molar refractivity (Wildman–Crippen MR) is 108 cm³/mol. The number of anilines is 2. The van der Waals surface area contributed by atoms with Gasteiger partial charge in [0.25, 0.3) is 11.8 Å². The number of urea groups is 1. The Morgan fingerprint density at radius 2 is 1.69 bits per heavy atom. The number of barbiturate groups is 1. The molecule has 1 N–H and O–H groups in total. The minimum absolute atomic E-state index is 0.224. The van der Waals surface area contributed by atoms with Gasteiger partial charge >= 0.3 is 6.03 Å². The van der Waals surface area contributed by atoms with E-state index >= 15 is 0 Å². The summed E-state index contributed by atoms with van der Waals surface area (Å²) in [7, 11) is 0.